The van der Waals surface area contributed by atoms with Gasteiger partial charge in [0.05, 0.1) is 13.2 Å². The summed E-state index contributed by atoms with van der Waals surface area (Å²) in [6, 6.07) is 2.44. The number of aryl methyl sites for hydroxylation is 2. The summed E-state index contributed by atoms with van der Waals surface area (Å²) >= 11 is 2.03. The average Bonchev–Trinajstić information content (AvgIpc) is 2.90. The van der Waals surface area contributed by atoms with Crippen molar-refractivity contribution in [3.05, 3.63) is 21.4 Å². The molecule has 2 aliphatic rings. The summed E-state index contributed by atoms with van der Waals surface area (Å²) in [5, 5.41) is 3.60. The third kappa shape index (κ3) is 4.04. The average molecular weight is 294 g/mol. The molecule has 1 aromatic rings. The molecule has 4 heteroatoms. The second kappa shape index (κ2) is 7.55. The molecular formula is C16H26N2OS. The number of hydrogen-bond donors (Lipinski definition) is 1. The molecule has 1 aliphatic heterocycles. The first-order chi connectivity index (χ1) is 9.92. The lowest BCUT2D eigenvalue weighted by Gasteiger charge is -2.26. The number of rotatable bonds is 6. The Morgan fingerprint density at radius 3 is 2.90 bits per heavy atom. The molecule has 1 aromatic heterocycles. The molecule has 3 nitrogen and oxygen atoms in total. The number of morpholine rings is 1. The van der Waals surface area contributed by atoms with E-state index in [2.05, 4.69) is 16.3 Å². The van der Waals surface area contributed by atoms with Gasteiger partial charge in [0, 0.05) is 29.4 Å². The van der Waals surface area contributed by atoms with Crippen LogP contribution in [0.5, 0.6) is 0 Å². The molecule has 0 aromatic carbocycles. The molecule has 20 heavy (non-hydrogen) atoms. The van der Waals surface area contributed by atoms with Gasteiger partial charge >= 0.3 is 0 Å². The Kier molecular flexibility index (Phi) is 5.48. The zero-order valence-electron chi connectivity index (χ0n) is 12.3. The number of ether oxygens (including phenoxy) is 1. The van der Waals surface area contributed by atoms with Crippen LogP contribution in [0, 0.1) is 0 Å². The molecule has 3 rings (SSSR count). The molecule has 1 saturated heterocycles. The maximum absolute atomic E-state index is 5.37. The van der Waals surface area contributed by atoms with Gasteiger partial charge in [0.15, 0.2) is 0 Å². The largest absolute Gasteiger partial charge is 0.379 e. The first-order valence-electron chi connectivity index (χ1n) is 8.03. The molecule has 0 saturated carbocycles. The van der Waals surface area contributed by atoms with E-state index in [0.717, 1.165) is 39.4 Å². The van der Waals surface area contributed by atoms with Crippen LogP contribution in [0.4, 0.5) is 0 Å². The van der Waals surface area contributed by atoms with Crippen LogP contribution in [0.2, 0.25) is 0 Å². The molecule has 0 unspecified atom stereocenters. The minimum absolute atomic E-state index is 0.911. The van der Waals surface area contributed by atoms with Crippen molar-refractivity contribution < 1.29 is 4.74 Å². The predicted molar refractivity (Wildman–Crippen MR) is 84.5 cm³/mol. The predicted octanol–water partition coefficient (Wildman–Crippen LogP) is 2.44. The topological polar surface area (TPSA) is 24.5 Å². The summed E-state index contributed by atoms with van der Waals surface area (Å²) in [6.07, 6.45) is 6.64. The standard InChI is InChI=1S/C16H26N2OS/c1-2-5-16-14(4-1)12-15(20-16)13-17-6-3-7-18-8-10-19-11-9-18/h12,17H,1-11,13H2. The first kappa shape index (κ1) is 14.5. The molecule has 0 radical (unpaired) electrons. The van der Waals surface area contributed by atoms with Gasteiger partial charge in [-0.05, 0) is 56.8 Å². The highest BCUT2D eigenvalue weighted by molar-refractivity contribution is 7.12. The van der Waals surface area contributed by atoms with Crippen LogP contribution in [-0.2, 0) is 24.1 Å². The van der Waals surface area contributed by atoms with E-state index in [9.17, 15) is 0 Å². The van der Waals surface area contributed by atoms with E-state index in [1.54, 1.807) is 10.4 Å². The van der Waals surface area contributed by atoms with E-state index >= 15 is 0 Å². The van der Waals surface area contributed by atoms with Crippen LogP contribution in [0.25, 0.3) is 0 Å². The Hall–Kier alpha value is -0.420. The molecule has 1 fully saturated rings. The molecule has 112 valence electrons. The third-order valence-corrected chi connectivity index (χ3v) is 5.52. The maximum Gasteiger partial charge on any atom is 0.0594 e. The summed E-state index contributed by atoms with van der Waals surface area (Å²) in [5.41, 5.74) is 1.63. The minimum Gasteiger partial charge on any atom is -0.379 e. The summed E-state index contributed by atoms with van der Waals surface area (Å²) in [5.74, 6) is 0. The second-order valence-electron chi connectivity index (χ2n) is 5.85. The van der Waals surface area contributed by atoms with Crippen molar-refractivity contribution in [2.45, 2.75) is 38.6 Å². The lowest BCUT2D eigenvalue weighted by atomic mass is 9.99. The van der Waals surface area contributed by atoms with Gasteiger partial charge in [0.1, 0.15) is 0 Å². The number of hydrogen-bond acceptors (Lipinski definition) is 4. The highest BCUT2D eigenvalue weighted by atomic mass is 32.1. The molecule has 0 spiro atoms. The second-order valence-corrected chi connectivity index (χ2v) is 7.07. The summed E-state index contributed by atoms with van der Waals surface area (Å²) in [7, 11) is 0. The van der Waals surface area contributed by atoms with Crippen molar-refractivity contribution in [1.29, 1.82) is 0 Å². The van der Waals surface area contributed by atoms with Gasteiger partial charge in [0.2, 0.25) is 0 Å². The number of nitrogens with one attached hydrogen (secondary N) is 1. The molecule has 2 heterocycles. The van der Waals surface area contributed by atoms with E-state index in [1.165, 1.54) is 43.5 Å². The zero-order valence-corrected chi connectivity index (χ0v) is 13.1. The monoisotopic (exact) mass is 294 g/mol. The van der Waals surface area contributed by atoms with E-state index < -0.39 is 0 Å². The summed E-state index contributed by atoms with van der Waals surface area (Å²) < 4.78 is 5.37. The van der Waals surface area contributed by atoms with Crippen LogP contribution in [-0.4, -0.2) is 44.3 Å². The summed E-state index contributed by atoms with van der Waals surface area (Å²) in [4.78, 5) is 5.69. The van der Waals surface area contributed by atoms with E-state index in [4.69, 9.17) is 4.74 Å². The maximum atomic E-state index is 5.37. The van der Waals surface area contributed by atoms with Crippen LogP contribution in [0.1, 0.15) is 34.6 Å². The Bertz CT molecular complexity index is 389. The Morgan fingerprint density at radius 1 is 1.20 bits per heavy atom. The Morgan fingerprint density at radius 2 is 2.05 bits per heavy atom. The van der Waals surface area contributed by atoms with E-state index in [-0.39, 0.29) is 0 Å². The highest BCUT2D eigenvalue weighted by Crippen LogP contribution is 2.29. The van der Waals surface area contributed by atoms with Crippen LogP contribution in [0.15, 0.2) is 6.07 Å². The summed E-state index contributed by atoms with van der Waals surface area (Å²) in [6.45, 7) is 7.43. The van der Waals surface area contributed by atoms with Gasteiger partial charge < -0.3 is 10.1 Å². The van der Waals surface area contributed by atoms with Gasteiger partial charge in [-0.3, -0.25) is 4.90 Å². The van der Waals surface area contributed by atoms with Crippen molar-refractivity contribution in [1.82, 2.24) is 10.2 Å². The van der Waals surface area contributed by atoms with Gasteiger partial charge in [-0.2, -0.15) is 0 Å². The highest BCUT2D eigenvalue weighted by Gasteiger charge is 2.13. The third-order valence-electron chi connectivity index (χ3n) is 4.28. The quantitative estimate of drug-likeness (QED) is 0.816. The van der Waals surface area contributed by atoms with Crippen LogP contribution < -0.4 is 5.32 Å². The molecule has 1 aliphatic carbocycles. The lowest BCUT2D eigenvalue weighted by Crippen LogP contribution is -2.37. The van der Waals surface area contributed by atoms with Crippen molar-refractivity contribution >= 4 is 11.3 Å². The zero-order chi connectivity index (χ0) is 13.6. The lowest BCUT2D eigenvalue weighted by molar-refractivity contribution is 0.0374. The van der Waals surface area contributed by atoms with E-state index in [1.807, 2.05) is 11.3 Å². The Balaban J connectivity index is 1.32. The fraction of sp³-hybridized carbons (Fsp3) is 0.750. The SMILES string of the molecule is c1c(CNCCCN2CCOCC2)sc2c1CCCC2. The normalized spacial score (nSPS) is 20.0. The Labute approximate surface area is 126 Å². The fourth-order valence-electron chi connectivity index (χ4n) is 3.10. The molecular weight excluding hydrogens is 268 g/mol. The van der Waals surface area contributed by atoms with Gasteiger partial charge in [-0.25, -0.2) is 0 Å². The first-order valence-corrected chi connectivity index (χ1v) is 8.85. The number of thiophene rings is 1. The van der Waals surface area contributed by atoms with Crippen molar-refractivity contribution in [3.63, 3.8) is 0 Å². The van der Waals surface area contributed by atoms with Crippen LogP contribution >= 0.6 is 11.3 Å². The van der Waals surface area contributed by atoms with Gasteiger partial charge in [-0.15, -0.1) is 11.3 Å². The molecule has 0 atom stereocenters. The van der Waals surface area contributed by atoms with Gasteiger partial charge in [0.25, 0.3) is 0 Å². The molecule has 0 bridgehead atoms. The minimum atomic E-state index is 0.911. The fourth-order valence-corrected chi connectivity index (χ4v) is 4.33. The van der Waals surface area contributed by atoms with Crippen molar-refractivity contribution in [3.8, 4) is 0 Å². The molecule has 1 N–H and O–H groups in total. The van der Waals surface area contributed by atoms with E-state index in [0.29, 0.717) is 0 Å². The smallest absolute Gasteiger partial charge is 0.0594 e. The van der Waals surface area contributed by atoms with Crippen LogP contribution in [0.3, 0.4) is 0 Å². The number of nitrogens with zero attached hydrogens (tertiary/aromatic N) is 1. The van der Waals surface area contributed by atoms with Crippen molar-refractivity contribution in [2.75, 3.05) is 39.4 Å². The number of fused-ring (bicyclic) bond motifs is 1. The van der Waals surface area contributed by atoms with Gasteiger partial charge in [-0.1, -0.05) is 0 Å². The molecule has 0 amide bonds. The van der Waals surface area contributed by atoms with Crippen molar-refractivity contribution in [2.24, 2.45) is 0 Å².